The van der Waals surface area contributed by atoms with E-state index in [0.717, 1.165) is 38.3 Å². The van der Waals surface area contributed by atoms with Gasteiger partial charge in [0.05, 0.1) is 38.7 Å². The first-order valence-corrected chi connectivity index (χ1v) is 7.10. The fraction of sp³-hybridized carbons (Fsp3) is 0.846. The fourth-order valence-corrected chi connectivity index (χ4v) is 1.60. The molecule has 0 aromatic carbocycles. The Labute approximate surface area is 119 Å². The second-order valence-corrected chi connectivity index (χ2v) is 4.22. The lowest BCUT2D eigenvalue weighted by atomic mass is 10.3. The molecule has 0 radical (unpaired) electrons. The van der Waals surface area contributed by atoms with Crippen LogP contribution >= 0.6 is 0 Å². The summed E-state index contributed by atoms with van der Waals surface area (Å²) < 4.78 is 17.6. The van der Waals surface area contributed by atoms with E-state index in [2.05, 4.69) is 10.3 Å². The zero-order chi connectivity index (χ0) is 14.5. The molecule has 0 aliphatic carbocycles. The lowest BCUT2D eigenvalue weighted by Gasteiger charge is -2.03. The Morgan fingerprint density at radius 1 is 1.10 bits per heavy atom. The largest absolute Gasteiger partial charge is 0.394 e. The Bertz CT molecular complexity index is 333. The minimum Gasteiger partial charge on any atom is -0.394 e. The molecule has 1 aromatic rings. The first-order valence-electron chi connectivity index (χ1n) is 7.10. The van der Waals surface area contributed by atoms with Gasteiger partial charge in [0.15, 0.2) is 0 Å². The average Bonchev–Trinajstić information content (AvgIpc) is 2.90. The maximum absolute atomic E-state index is 8.52. The third kappa shape index (κ3) is 8.21. The van der Waals surface area contributed by atoms with E-state index in [4.69, 9.17) is 19.3 Å². The van der Waals surface area contributed by atoms with Crippen molar-refractivity contribution >= 4 is 0 Å². The molecule has 0 aliphatic rings. The van der Waals surface area contributed by atoms with Gasteiger partial charge in [0, 0.05) is 32.4 Å². The van der Waals surface area contributed by atoms with Crippen molar-refractivity contribution in [2.75, 3.05) is 46.2 Å². The SMILES string of the molecule is CCOCCCn1cc(CCOCCOCCO)nn1. The van der Waals surface area contributed by atoms with Crippen LogP contribution in [0.2, 0.25) is 0 Å². The summed E-state index contributed by atoms with van der Waals surface area (Å²) in [5.74, 6) is 0. The zero-order valence-electron chi connectivity index (χ0n) is 12.2. The third-order valence-electron chi connectivity index (χ3n) is 2.58. The molecule has 7 heteroatoms. The summed E-state index contributed by atoms with van der Waals surface area (Å²) in [5.41, 5.74) is 0.928. The average molecular weight is 287 g/mol. The van der Waals surface area contributed by atoms with Gasteiger partial charge in [-0.1, -0.05) is 5.21 Å². The van der Waals surface area contributed by atoms with Crippen LogP contribution in [-0.2, 0) is 27.2 Å². The van der Waals surface area contributed by atoms with Crippen molar-refractivity contribution in [2.24, 2.45) is 0 Å². The Kier molecular flexibility index (Phi) is 10.0. The van der Waals surface area contributed by atoms with Crippen molar-refractivity contribution in [2.45, 2.75) is 26.3 Å². The number of aryl methyl sites for hydroxylation is 1. The minimum absolute atomic E-state index is 0.0480. The maximum Gasteiger partial charge on any atom is 0.0850 e. The van der Waals surface area contributed by atoms with Gasteiger partial charge >= 0.3 is 0 Å². The number of hydrogen-bond acceptors (Lipinski definition) is 6. The molecule has 0 aliphatic heterocycles. The number of ether oxygens (including phenoxy) is 3. The summed E-state index contributed by atoms with van der Waals surface area (Å²) in [6, 6.07) is 0. The molecule has 1 N–H and O–H groups in total. The number of aliphatic hydroxyl groups excluding tert-OH is 1. The van der Waals surface area contributed by atoms with Gasteiger partial charge in [-0.3, -0.25) is 4.68 Å². The van der Waals surface area contributed by atoms with Gasteiger partial charge in [0.25, 0.3) is 0 Å². The molecular weight excluding hydrogens is 262 g/mol. The molecule has 20 heavy (non-hydrogen) atoms. The second kappa shape index (κ2) is 11.8. The maximum atomic E-state index is 8.52. The van der Waals surface area contributed by atoms with Crippen molar-refractivity contribution in [1.29, 1.82) is 0 Å². The highest BCUT2D eigenvalue weighted by Gasteiger charge is 2.01. The van der Waals surface area contributed by atoms with Crippen LogP contribution in [0.4, 0.5) is 0 Å². The fourth-order valence-electron chi connectivity index (χ4n) is 1.60. The lowest BCUT2D eigenvalue weighted by molar-refractivity contribution is 0.0339. The summed E-state index contributed by atoms with van der Waals surface area (Å²) in [6.07, 6.45) is 3.62. The van der Waals surface area contributed by atoms with Crippen LogP contribution in [0.5, 0.6) is 0 Å². The molecular formula is C13H25N3O4. The number of aliphatic hydroxyl groups is 1. The van der Waals surface area contributed by atoms with Crippen LogP contribution < -0.4 is 0 Å². The van der Waals surface area contributed by atoms with Gasteiger partial charge in [-0.15, -0.1) is 5.10 Å². The molecule has 7 nitrogen and oxygen atoms in total. The van der Waals surface area contributed by atoms with E-state index in [-0.39, 0.29) is 6.61 Å². The topological polar surface area (TPSA) is 78.6 Å². The van der Waals surface area contributed by atoms with Crippen LogP contribution in [-0.4, -0.2) is 66.3 Å². The van der Waals surface area contributed by atoms with Crippen molar-refractivity contribution in [1.82, 2.24) is 15.0 Å². The Hall–Kier alpha value is -1.02. The van der Waals surface area contributed by atoms with Gasteiger partial charge in [-0.2, -0.15) is 0 Å². The molecule has 0 fully saturated rings. The molecule has 1 heterocycles. The molecule has 1 aromatic heterocycles. The first kappa shape index (κ1) is 17.0. The molecule has 0 atom stereocenters. The van der Waals surface area contributed by atoms with E-state index in [9.17, 15) is 0 Å². The van der Waals surface area contributed by atoms with Crippen molar-refractivity contribution in [3.8, 4) is 0 Å². The number of rotatable bonds is 13. The van der Waals surface area contributed by atoms with Crippen molar-refractivity contribution in [3.05, 3.63) is 11.9 Å². The van der Waals surface area contributed by atoms with E-state index >= 15 is 0 Å². The molecule has 116 valence electrons. The minimum atomic E-state index is 0.0480. The highest BCUT2D eigenvalue weighted by Crippen LogP contribution is 1.97. The summed E-state index contributed by atoms with van der Waals surface area (Å²) >= 11 is 0. The van der Waals surface area contributed by atoms with Gasteiger partial charge in [0.2, 0.25) is 0 Å². The first-order chi connectivity index (χ1) is 9.86. The monoisotopic (exact) mass is 287 g/mol. The number of aromatic nitrogens is 3. The van der Waals surface area contributed by atoms with E-state index < -0.39 is 0 Å². The predicted octanol–water partition coefficient (Wildman–Crippen LogP) is 0.273. The molecule has 1 rings (SSSR count). The second-order valence-electron chi connectivity index (χ2n) is 4.22. The van der Waals surface area contributed by atoms with Gasteiger partial charge in [-0.25, -0.2) is 0 Å². The summed E-state index contributed by atoms with van der Waals surface area (Å²) in [4.78, 5) is 0. The number of hydrogen-bond donors (Lipinski definition) is 1. The molecule has 0 saturated carbocycles. The summed E-state index contributed by atoms with van der Waals surface area (Å²) in [5, 5.41) is 16.7. The van der Waals surface area contributed by atoms with Crippen LogP contribution in [0.15, 0.2) is 6.20 Å². The molecule has 0 saturated heterocycles. The van der Waals surface area contributed by atoms with Crippen molar-refractivity contribution < 1.29 is 19.3 Å². The van der Waals surface area contributed by atoms with Crippen LogP contribution in [0, 0.1) is 0 Å². The molecule has 0 amide bonds. The van der Waals surface area contributed by atoms with E-state index in [1.807, 2.05) is 17.8 Å². The van der Waals surface area contributed by atoms with Gasteiger partial charge in [0.1, 0.15) is 0 Å². The van der Waals surface area contributed by atoms with Gasteiger partial charge in [-0.05, 0) is 13.3 Å². The summed E-state index contributed by atoms with van der Waals surface area (Å²) in [7, 11) is 0. The van der Waals surface area contributed by atoms with Crippen LogP contribution in [0.25, 0.3) is 0 Å². The molecule has 0 unspecified atom stereocenters. The zero-order valence-corrected chi connectivity index (χ0v) is 12.2. The quantitative estimate of drug-likeness (QED) is 0.525. The standard InChI is InChI=1S/C13H25N3O4/c1-2-18-7-3-5-16-12-13(14-15-16)4-8-19-10-11-20-9-6-17/h12,17H,2-11H2,1H3. The normalized spacial score (nSPS) is 11.1. The van der Waals surface area contributed by atoms with E-state index in [1.165, 1.54) is 0 Å². The lowest BCUT2D eigenvalue weighted by Crippen LogP contribution is -2.09. The third-order valence-corrected chi connectivity index (χ3v) is 2.58. The smallest absolute Gasteiger partial charge is 0.0850 e. The summed E-state index contributed by atoms with van der Waals surface area (Å²) in [6.45, 7) is 6.36. The van der Waals surface area contributed by atoms with E-state index in [0.29, 0.717) is 26.4 Å². The Morgan fingerprint density at radius 3 is 2.65 bits per heavy atom. The highest BCUT2D eigenvalue weighted by atomic mass is 16.5. The molecule has 0 bridgehead atoms. The molecule has 0 spiro atoms. The van der Waals surface area contributed by atoms with E-state index in [1.54, 1.807) is 0 Å². The van der Waals surface area contributed by atoms with Crippen LogP contribution in [0.3, 0.4) is 0 Å². The Balaban J connectivity index is 2.02. The van der Waals surface area contributed by atoms with Gasteiger partial charge < -0.3 is 19.3 Å². The predicted molar refractivity (Wildman–Crippen MR) is 73.6 cm³/mol. The van der Waals surface area contributed by atoms with Crippen LogP contribution in [0.1, 0.15) is 19.0 Å². The highest BCUT2D eigenvalue weighted by molar-refractivity contribution is 4.92. The number of nitrogens with zero attached hydrogens (tertiary/aromatic N) is 3. The Morgan fingerprint density at radius 2 is 1.90 bits per heavy atom. The van der Waals surface area contributed by atoms with Crippen molar-refractivity contribution in [3.63, 3.8) is 0 Å².